The zero-order chi connectivity index (χ0) is 41.1. The highest BCUT2D eigenvalue weighted by atomic mass is 16.6. The molecule has 12 nitrogen and oxygen atoms in total. The Balaban J connectivity index is 3.09. The standard InChI is InChI=1S/C45H90O12/c1-3-5-7-9-11-12-13-14-15-16-18-20-22-24-47-25-26-48-27-28-49-29-30-50-31-32-51-33-34-52-35-36-53-37-38-54-39-40-55-41-42-56-43-44-57-45(46)23-21-19-17-10-8-6-4-2/h3-44H2,1-2H3. The van der Waals surface area contributed by atoms with Gasteiger partial charge in [-0.2, -0.15) is 0 Å². The molecule has 342 valence electrons. The maximum Gasteiger partial charge on any atom is 0.305 e. The van der Waals surface area contributed by atoms with Crippen LogP contribution in [0.3, 0.4) is 0 Å². The van der Waals surface area contributed by atoms with Crippen LogP contribution in [0.25, 0.3) is 0 Å². The lowest BCUT2D eigenvalue weighted by molar-refractivity contribution is -0.145. The molecule has 0 atom stereocenters. The van der Waals surface area contributed by atoms with E-state index in [1.165, 1.54) is 109 Å². The van der Waals surface area contributed by atoms with Gasteiger partial charge in [0, 0.05) is 13.0 Å². The Labute approximate surface area is 349 Å². The van der Waals surface area contributed by atoms with E-state index in [1.54, 1.807) is 0 Å². The van der Waals surface area contributed by atoms with Crippen LogP contribution in [0.2, 0.25) is 0 Å². The molecule has 0 rings (SSSR count). The Morgan fingerprint density at radius 3 is 0.737 bits per heavy atom. The van der Waals surface area contributed by atoms with E-state index < -0.39 is 0 Å². The van der Waals surface area contributed by atoms with Gasteiger partial charge >= 0.3 is 5.97 Å². The molecule has 0 saturated heterocycles. The van der Waals surface area contributed by atoms with E-state index in [9.17, 15) is 4.79 Å². The largest absolute Gasteiger partial charge is 0.463 e. The van der Waals surface area contributed by atoms with Crippen LogP contribution in [0.5, 0.6) is 0 Å². The van der Waals surface area contributed by atoms with Gasteiger partial charge in [0.2, 0.25) is 0 Å². The average Bonchev–Trinajstić information content (AvgIpc) is 3.22. The molecule has 12 heteroatoms. The number of esters is 1. The van der Waals surface area contributed by atoms with Gasteiger partial charge in [-0.1, -0.05) is 129 Å². The van der Waals surface area contributed by atoms with E-state index in [1.807, 2.05) is 0 Å². The third-order valence-electron chi connectivity index (χ3n) is 9.22. The van der Waals surface area contributed by atoms with Crippen LogP contribution in [0, 0.1) is 0 Å². The van der Waals surface area contributed by atoms with Crippen LogP contribution in [0.4, 0.5) is 0 Å². The Hall–Kier alpha value is -0.930. The normalized spacial score (nSPS) is 11.5. The molecular weight excluding hydrogens is 732 g/mol. The molecular formula is C45H90O12. The first-order chi connectivity index (χ1) is 28.3. The van der Waals surface area contributed by atoms with Crippen molar-refractivity contribution in [1.29, 1.82) is 0 Å². The van der Waals surface area contributed by atoms with Crippen molar-refractivity contribution in [3.8, 4) is 0 Å². The Bertz CT molecular complexity index is 732. The molecule has 0 aliphatic carbocycles. The highest BCUT2D eigenvalue weighted by molar-refractivity contribution is 5.69. The topological polar surface area (TPSA) is 119 Å². The minimum atomic E-state index is -0.137. The number of hydrogen-bond donors (Lipinski definition) is 0. The fourth-order valence-corrected chi connectivity index (χ4v) is 5.82. The maximum absolute atomic E-state index is 11.7. The molecule has 0 aromatic carbocycles. The summed E-state index contributed by atoms with van der Waals surface area (Å²) in [6.07, 6.45) is 26.6. The first-order valence-corrected chi connectivity index (χ1v) is 23.2. The Morgan fingerprint density at radius 2 is 0.456 bits per heavy atom. The Morgan fingerprint density at radius 1 is 0.246 bits per heavy atom. The summed E-state index contributed by atoms with van der Waals surface area (Å²) in [6.45, 7) is 15.5. The molecule has 57 heavy (non-hydrogen) atoms. The number of carbonyl (C=O) groups excluding carboxylic acids is 1. The number of carbonyl (C=O) groups is 1. The van der Waals surface area contributed by atoms with Gasteiger partial charge in [0.25, 0.3) is 0 Å². The third kappa shape index (κ3) is 53.1. The van der Waals surface area contributed by atoms with E-state index in [4.69, 9.17) is 52.1 Å². The lowest BCUT2D eigenvalue weighted by Crippen LogP contribution is -2.15. The van der Waals surface area contributed by atoms with E-state index in [0.717, 1.165) is 25.9 Å². The molecule has 0 amide bonds. The third-order valence-corrected chi connectivity index (χ3v) is 9.22. The first-order valence-electron chi connectivity index (χ1n) is 23.2. The molecule has 0 radical (unpaired) electrons. The number of rotatable bonds is 52. The van der Waals surface area contributed by atoms with Crippen molar-refractivity contribution in [2.45, 2.75) is 149 Å². The fourth-order valence-electron chi connectivity index (χ4n) is 5.82. The van der Waals surface area contributed by atoms with Crippen molar-refractivity contribution in [2.75, 3.05) is 139 Å². The quantitative estimate of drug-likeness (QED) is 0.0431. The molecule has 0 bridgehead atoms. The minimum absolute atomic E-state index is 0.137. The summed E-state index contributed by atoms with van der Waals surface area (Å²) in [6, 6.07) is 0. The molecule has 0 aromatic heterocycles. The molecule has 0 aliphatic heterocycles. The zero-order valence-corrected chi connectivity index (χ0v) is 37.1. The fraction of sp³-hybridized carbons (Fsp3) is 0.978. The smallest absolute Gasteiger partial charge is 0.305 e. The highest BCUT2D eigenvalue weighted by Crippen LogP contribution is 2.12. The minimum Gasteiger partial charge on any atom is -0.463 e. The monoisotopic (exact) mass is 823 g/mol. The summed E-state index contributed by atoms with van der Waals surface area (Å²) in [5.41, 5.74) is 0. The lowest BCUT2D eigenvalue weighted by Gasteiger charge is -2.09. The van der Waals surface area contributed by atoms with Crippen molar-refractivity contribution in [3.63, 3.8) is 0 Å². The van der Waals surface area contributed by atoms with Gasteiger partial charge in [-0.3, -0.25) is 4.79 Å². The van der Waals surface area contributed by atoms with Gasteiger partial charge in [-0.25, -0.2) is 0 Å². The van der Waals surface area contributed by atoms with Gasteiger partial charge in [-0.15, -0.1) is 0 Å². The molecule has 0 aliphatic rings. The number of hydrogen-bond acceptors (Lipinski definition) is 12. The second-order valence-corrected chi connectivity index (χ2v) is 14.5. The van der Waals surface area contributed by atoms with Crippen molar-refractivity contribution in [1.82, 2.24) is 0 Å². The van der Waals surface area contributed by atoms with Crippen molar-refractivity contribution in [3.05, 3.63) is 0 Å². The average molecular weight is 823 g/mol. The zero-order valence-electron chi connectivity index (χ0n) is 37.1. The Kier molecular flexibility index (Phi) is 52.2. The highest BCUT2D eigenvalue weighted by Gasteiger charge is 2.03. The van der Waals surface area contributed by atoms with Gasteiger partial charge in [0.05, 0.1) is 126 Å². The number of unbranched alkanes of at least 4 members (excludes halogenated alkanes) is 18. The van der Waals surface area contributed by atoms with Crippen LogP contribution in [0.15, 0.2) is 0 Å². The van der Waals surface area contributed by atoms with E-state index in [0.29, 0.717) is 132 Å². The molecule has 0 spiro atoms. The van der Waals surface area contributed by atoms with E-state index in [-0.39, 0.29) is 12.6 Å². The molecule has 0 aromatic rings. The first kappa shape index (κ1) is 56.1. The lowest BCUT2D eigenvalue weighted by atomic mass is 10.0. The van der Waals surface area contributed by atoms with Gasteiger partial charge < -0.3 is 52.1 Å². The summed E-state index contributed by atoms with van der Waals surface area (Å²) in [4.78, 5) is 11.7. The van der Waals surface area contributed by atoms with Gasteiger partial charge in [0.15, 0.2) is 0 Å². The molecule has 0 unspecified atom stereocenters. The van der Waals surface area contributed by atoms with Crippen LogP contribution < -0.4 is 0 Å². The molecule has 0 heterocycles. The summed E-state index contributed by atoms with van der Waals surface area (Å²) in [5, 5.41) is 0. The molecule has 0 saturated carbocycles. The van der Waals surface area contributed by atoms with Crippen LogP contribution in [-0.4, -0.2) is 145 Å². The van der Waals surface area contributed by atoms with Crippen molar-refractivity contribution >= 4 is 5.97 Å². The second-order valence-electron chi connectivity index (χ2n) is 14.5. The number of ether oxygens (including phenoxy) is 11. The van der Waals surface area contributed by atoms with Crippen molar-refractivity contribution in [2.24, 2.45) is 0 Å². The van der Waals surface area contributed by atoms with E-state index in [2.05, 4.69) is 13.8 Å². The summed E-state index contributed by atoms with van der Waals surface area (Å²) >= 11 is 0. The van der Waals surface area contributed by atoms with Crippen LogP contribution >= 0.6 is 0 Å². The van der Waals surface area contributed by atoms with Crippen molar-refractivity contribution < 1.29 is 56.9 Å². The molecule has 0 fully saturated rings. The van der Waals surface area contributed by atoms with E-state index >= 15 is 0 Å². The van der Waals surface area contributed by atoms with Gasteiger partial charge in [0.1, 0.15) is 6.61 Å². The predicted molar refractivity (Wildman–Crippen MR) is 227 cm³/mol. The SMILES string of the molecule is CCCCCCCCCCCCCCCOCCOCCOCCOCCOCCOCCOCCOCCOCCOCCOC(=O)CCCCCCCCC. The van der Waals surface area contributed by atoms with Gasteiger partial charge in [-0.05, 0) is 12.8 Å². The maximum atomic E-state index is 11.7. The second kappa shape index (κ2) is 53.1. The predicted octanol–water partition coefficient (Wildman–Crippen LogP) is 8.93. The van der Waals surface area contributed by atoms with Crippen LogP contribution in [-0.2, 0) is 56.9 Å². The molecule has 0 N–H and O–H groups in total. The summed E-state index contributed by atoms with van der Waals surface area (Å²) < 4.78 is 60.5. The van der Waals surface area contributed by atoms with Crippen LogP contribution in [0.1, 0.15) is 149 Å². The summed E-state index contributed by atoms with van der Waals surface area (Å²) in [7, 11) is 0. The summed E-state index contributed by atoms with van der Waals surface area (Å²) in [5.74, 6) is -0.137.